The number of hydrogen-bond donors (Lipinski definition) is 1. The number of alkyl halides is 3. The largest absolute Gasteiger partial charge is 0.413 e. The molecule has 16 heavy (non-hydrogen) atoms. The SMILES string of the molecule is Cc1ccc(F)cc1CNOCC(F)(F)F. The van der Waals surface area contributed by atoms with Gasteiger partial charge in [-0.3, -0.25) is 4.84 Å². The third-order valence-electron chi connectivity index (χ3n) is 1.91. The van der Waals surface area contributed by atoms with Gasteiger partial charge in [-0.15, -0.1) is 0 Å². The molecule has 0 aromatic heterocycles. The van der Waals surface area contributed by atoms with E-state index < -0.39 is 18.6 Å². The number of halogens is 4. The molecule has 0 fully saturated rings. The Morgan fingerprint density at radius 1 is 1.31 bits per heavy atom. The van der Waals surface area contributed by atoms with Gasteiger partial charge in [-0.25, -0.2) is 4.39 Å². The van der Waals surface area contributed by atoms with E-state index in [4.69, 9.17) is 0 Å². The molecule has 0 saturated heterocycles. The van der Waals surface area contributed by atoms with Crippen molar-refractivity contribution in [3.05, 3.63) is 35.1 Å². The molecule has 0 saturated carbocycles. The summed E-state index contributed by atoms with van der Waals surface area (Å²) in [5.74, 6) is -0.432. The van der Waals surface area contributed by atoms with Gasteiger partial charge in [0, 0.05) is 6.54 Å². The second-order valence-electron chi connectivity index (χ2n) is 3.30. The molecular weight excluding hydrogens is 226 g/mol. The molecule has 0 aliphatic carbocycles. The fraction of sp³-hybridized carbons (Fsp3) is 0.400. The number of rotatable bonds is 4. The van der Waals surface area contributed by atoms with Gasteiger partial charge in [-0.2, -0.15) is 18.7 Å². The van der Waals surface area contributed by atoms with Crippen molar-refractivity contribution >= 4 is 0 Å². The summed E-state index contributed by atoms with van der Waals surface area (Å²) in [7, 11) is 0. The number of nitrogens with one attached hydrogen (secondary N) is 1. The Morgan fingerprint density at radius 3 is 2.62 bits per heavy atom. The number of hydroxylamine groups is 1. The number of hydrogen-bond acceptors (Lipinski definition) is 2. The minimum absolute atomic E-state index is 0.0275. The summed E-state index contributed by atoms with van der Waals surface area (Å²) in [4.78, 5) is 4.20. The second kappa shape index (κ2) is 5.27. The van der Waals surface area contributed by atoms with Gasteiger partial charge in [0.2, 0.25) is 0 Å². The van der Waals surface area contributed by atoms with Gasteiger partial charge in [0.05, 0.1) is 0 Å². The molecule has 0 aliphatic heterocycles. The Morgan fingerprint density at radius 2 is 2.00 bits per heavy atom. The van der Waals surface area contributed by atoms with E-state index in [9.17, 15) is 17.6 Å². The van der Waals surface area contributed by atoms with Gasteiger partial charge in [0.1, 0.15) is 5.82 Å². The highest BCUT2D eigenvalue weighted by Crippen LogP contribution is 2.14. The van der Waals surface area contributed by atoms with Crippen LogP contribution in [0.15, 0.2) is 18.2 Å². The fourth-order valence-electron chi connectivity index (χ4n) is 1.09. The van der Waals surface area contributed by atoms with Gasteiger partial charge in [0.25, 0.3) is 0 Å². The topological polar surface area (TPSA) is 21.3 Å². The molecule has 0 amide bonds. The van der Waals surface area contributed by atoms with Crippen molar-refractivity contribution in [2.45, 2.75) is 19.6 Å². The first-order chi connectivity index (χ1) is 7.38. The van der Waals surface area contributed by atoms with E-state index in [2.05, 4.69) is 10.3 Å². The zero-order valence-electron chi connectivity index (χ0n) is 8.57. The van der Waals surface area contributed by atoms with Crippen molar-refractivity contribution in [1.82, 2.24) is 5.48 Å². The molecule has 0 heterocycles. The first-order valence-corrected chi connectivity index (χ1v) is 4.55. The van der Waals surface area contributed by atoms with E-state index in [-0.39, 0.29) is 6.54 Å². The van der Waals surface area contributed by atoms with Gasteiger partial charge in [0.15, 0.2) is 6.61 Å². The summed E-state index contributed by atoms with van der Waals surface area (Å²) in [6.07, 6.45) is -4.37. The van der Waals surface area contributed by atoms with Gasteiger partial charge >= 0.3 is 6.18 Å². The van der Waals surface area contributed by atoms with E-state index in [0.29, 0.717) is 5.56 Å². The van der Waals surface area contributed by atoms with Gasteiger partial charge in [-0.1, -0.05) is 6.07 Å². The van der Waals surface area contributed by atoms with E-state index in [0.717, 1.165) is 5.56 Å². The van der Waals surface area contributed by atoms with Crippen LogP contribution in [0.2, 0.25) is 0 Å². The summed E-state index contributed by atoms with van der Waals surface area (Å²) in [6, 6.07) is 4.09. The van der Waals surface area contributed by atoms with E-state index in [1.165, 1.54) is 12.1 Å². The molecule has 0 unspecified atom stereocenters. The van der Waals surface area contributed by atoms with Crippen LogP contribution >= 0.6 is 0 Å². The zero-order valence-corrected chi connectivity index (χ0v) is 8.57. The minimum Gasteiger partial charge on any atom is -0.292 e. The van der Waals surface area contributed by atoms with Crippen LogP contribution in [0.5, 0.6) is 0 Å². The predicted octanol–water partition coefficient (Wildman–Crippen LogP) is 2.72. The molecule has 2 nitrogen and oxygen atoms in total. The summed E-state index contributed by atoms with van der Waals surface area (Å²) in [5, 5.41) is 0. The van der Waals surface area contributed by atoms with Crippen molar-refractivity contribution < 1.29 is 22.4 Å². The fourth-order valence-corrected chi connectivity index (χ4v) is 1.09. The monoisotopic (exact) mass is 237 g/mol. The third kappa shape index (κ3) is 4.59. The average Bonchev–Trinajstić information content (AvgIpc) is 2.16. The molecule has 1 aromatic rings. The summed E-state index contributed by atoms with van der Waals surface area (Å²) < 4.78 is 47.9. The van der Waals surface area contributed by atoms with Crippen molar-refractivity contribution in [3.63, 3.8) is 0 Å². The Labute approximate surface area is 90.2 Å². The summed E-state index contributed by atoms with van der Waals surface area (Å²) >= 11 is 0. The normalized spacial score (nSPS) is 11.8. The molecule has 1 N–H and O–H groups in total. The average molecular weight is 237 g/mol. The highest BCUT2D eigenvalue weighted by Gasteiger charge is 2.27. The smallest absolute Gasteiger partial charge is 0.292 e. The lowest BCUT2D eigenvalue weighted by Gasteiger charge is -2.10. The van der Waals surface area contributed by atoms with Crippen LogP contribution in [0.3, 0.4) is 0 Å². The molecule has 90 valence electrons. The van der Waals surface area contributed by atoms with Gasteiger partial charge in [-0.05, 0) is 30.2 Å². The van der Waals surface area contributed by atoms with Crippen LogP contribution in [0.25, 0.3) is 0 Å². The van der Waals surface area contributed by atoms with Crippen molar-refractivity contribution in [2.24, 2.45) is 0 Å². The summed E-state index contributed by atoms with van der Waals surface area (Å²) in [5.41, 5.74) is 3.48. The maximum atomic E-state index is 12.8. The van der Waals surface area contributed by atoms with Crippen LogP contribution in [0, 0.1) is 12.7 Å². The van der Waals surface area contributed by atoms with Crippen LogP contribution < -0.4 is 5.48 Å². The van der Waals surface area contributed by atoms with Gasteiger partial charge < -0.3 is 0 Å². The van der Waals surface area contributed by atoms with Crippen LogP contribution in [0.4, 0.5) is 17.6 Å². The van der Waals surface area contributed by atoms with Crippen molar-refractivity contribution in [1.29, 1.82) is 0 Å². The maximum Gasteiger partial charge on any atom is 0.413 e. The van der Waals surface area contributed by atoms with Crippen LogP contribution in [-0.4, -0.2) is 12.8 Å². The Bertz CT molecular complexity index is 351. The zero-order chi connectivity index (χ0) is 12.2. The highest BCUT2D eigenvalue weighted by molar-refractivity contribution is 5.26. The molecule has 1 aromatic carbocycles. The third-order valence-corrected chi connectivity index (χ3v) is 1.91. The lowest BCUT2D eigenvalue weighted by atomic mass is 10.1. The molecule has 1 rings (SSSR count). The Hall–Kier alpha value is -1.14. The molecule has 0 radical (unpaired) electrons. The molecular formula is C10H11F4NO. The number of benzene rings is 1. The minimum atomic E-state index is -4.37. The standard InChI is InChI=1S/C10H11F4NO/c1-7-2-3-9(11)4-8(7)5-15-16-6-10(12,13)14/h2-4,15H,5-6H2,1H3. The van der Waals surface area contributed by atoms with Crippen LogP contribution in [0.1, 0.15) is 11.1 Å². The highest BCUT2D eigenvalue weighted by atomic mass is 19.4. The molecule has 0 aliphatic rings. The molecule has 0 bridgehead atoms. The first-order valence-electron chi connectivity index (χ1n) is 4.55. The first kappa shape index (κ1) is 12.9. The van der Waals surface area contributed by atoms with E-state index in [1.54, 1.807) is 13.0 Å². The van der Waals surface area contributed by atoms with Crippen LogP contribution in [-0.2, 0) is 11.4 Å². The quantitative estimate of drug-likeness (QED) is 0.494. The van der Waals surface area contributed by atoms with E-state index >= 15 is 0 Å². The van der Waals surface area contributed by atoms with E-state index in [1.807, 2.05) is 0 Å². The molecule has 6 heteroatoms. The summed E-state index contributed by atoms with van der Waals surface area (Å²) in [6.45, 7) is 0.390. The maximum absolute atomic E-state index is 12.8. The second-order valence-corrected chi connectivity index (χ2v) is 3.30. The lowest BCUT2D eigenvalue weighted by Crippen LogP contribution is -2.24. The molecule has 0 atom stereocenters. The van der Waals surface area contributed by atoms with Crippen molar-refractivity contribution in [3.8, 4) is 0 Å². The Kier molecular flexibility index (Phi) is 4.26. The molecule has 0 spiro atoms. The Balaban J connectivity index is 2.40. The lowest BCUT2D eigenvalue weighted by molar-refractivity contribution is -0.190. The number of aryl methyl sites for hydroxylation is 1. The predicted molar refractivity (Wildman–Crippen MR) is 50.0 cm³/mol. The van der Waals surface area contributed by atoms with Crippen molar-refractivity contribution in [2.75, 3.05) is 6.61 Å².